The van der Waals surface area contributed by atoms with Crippen LogP contribution in [0.25, 0.3) is 11.3 Å². The number of aromatic nitrogens is 1. The van der Waals surface area contributed by atoms with Crippen LogP contribution in [-0.2, 0) is 11.3 Å². The average molecular weight is 441 g/mol. The van der Waals surface area contributed by atoms with Crippen LogP contribution in [0.3, 0.4) is 0 Å². The number of amides is 2. The van der Waals surface area contributed by atoms with E-state index in [2.05, 4.69) is 15.6 Å². The van der Waals surface area contributed by atoms with Crippen molar-refractivity contribution in [3.63, 3.8) is 0 Å². The van der Waals surface area contributed by atoms with Crippen LogP contribution in [0.2, 0.25) is 0 Å². The molecule has 1 aromatic heterocycles. The van der Waals surface area contributed by atoms with Gasteiger partial charge in [-0.05, 0) is 36.1 Å². The monoisotopic (exact) mass is 440 g/mol. The molecule has 0 bridgehead atoms. The zero-order valence-corrected chi connectivity index (χ0v) is 18.3. The Morgan fingerprint density at radius 1 is 1.17 bits per heavy atom. The standard InChI is InChI=1S/C22H24N4O2S2/c1-29-11-10-18(24-20(27)17-9-5-6-15(12-17)13-23)21(28)26-22-25-19(14-30-22)16-7-3-2-4-8-16/h2-9,12,14,18H,10-11,13,23H2,1H3,(H,24,27)(H,25,26,28). The maximum atomic E-state index is 12.9. The van der Waals surface area contributed by atoms with Gasteiger partial charge in [0.2, 0.25) is 5.91 Å². The highest BCUT2D eigenvalue weighted by molar-refractivity contribution is 7.98. The second-order valence-corrected chi connectivity index (χ2v) is 8.45. The fourth-order valence-corrected chi connectivity index (χ4v) is 4.04. The van der Waals surface area contributed by atoms with Crippen molar-refractivity contribution in [2.75, 3.05) is 17.3 Å². The molecule has 2 aromatic carbocycles. The molecule has 4 N–H and O–H groups in total. The first-order valence-corrected chi connectivity index (χ1v) is 11.8. The molecule has 156 valence electrons. The average Bonchev–Trinajstić information content (AvgIpc) is 3.25. The maximum Gasteiger partial charge on any atom is 0.251 e. The molecule has 2 amide bonds. The molecule has 8 heteroatoms. The number of benzene rings is 2. The summed E-state index contributed by atoms with van der Waals surface area (Å²) < 4.78 is 0. The van der Waals surface area contributed by atoms with Gasteiger partial charge in [0.05, 0.1) is 5.69 Å². The molecule has 6 nitrogen and oxygen atoms in total. The van der Waals surface area contributed by atoms with Gasteiger partial charge in [0, 0.05) is 23.1 Å². The normalized spacial score (nSPS) is 11.7. The van der Waals surface area contributed by atoms with E-state index >= 15 is 0 Å². The van der Waals surface area contributed by atoms with E-state index in [4.69, 9.17) is 5.73 Å². The summed E-state index contributed by atoms with van der Waals surface area (Å²) in [6.45, 7) is 0.352. The van der Waals surface area contributed by atoms with E-state index in [1.807, 2.05) is 48.0 Å². The highest BCUT2D eigenvalue weighted by atomic mass is 32.2. The van der Waals surface area contributed by atoms with Crippen LogP contribution in [0, 0.1) is 0 Å². The molecule has 0 saturated carbocycles. The number of carbonyl (C=O) groups excluding carboxylic acids is 2. The molecule has 30 heavy (non-hydrogen) atoms. The molecular weight excluding hydrogens is 416 g/mol. The molecule has 0 aliphatic rings. The number of hydrogen-bond donors (Lipinski definition) is 3. The van der Waals surface area contributed by atoms with Crippen LogP contribution in [0.1, 0.15) is 22.3 Å². The lowest BCUT2D eigenvalue weighted by molar-refractivity contribution is -0.118. The number of hydrogen-bond acceptors (Lipinski definition) is 6. The van der Waals surface area contributed by atoms with Crippen LogP contribution in [0.15, 0.2) is 60.0 Å². The second-order valence-electron chi connectivity index (χ2n) is 6.61. The van der Waals surface area contributed by atoms with Crippen molar-refractivity contribution < 1.29 is 9.59 Å². The molecule has 3 rings (SSSR count). The van der Waals surface area contributed by atoms with Crippen molar-refractivity contribution in [1.29, 1.82) is 0 Å². The van der Waals surface area contributed by atoms with E-state index in [0.29, 0.717) is 23.7 Å². The summed E-state index contributed by atoms with van der Waals surface area (Å²) in [6, 6.07) is 16.2. The Kier molecular flexibility index (Phi) is 8.01. The van der Waals surface area contributed by atoms with E-state index in [-0.39, 0.29) is 11.8 Å². The third kappa shape index (κ3) is 5.91. The molecule has 0 fully saturated rings. The number of thiazole rings is 1. The summed E-state index contributed by atoms with van der Waals surface area (Å²) in [5.41, 5.74) is 8.80. The van der Waals surface area contributed by atoms with Gasteiger partial charge in [-0.1, -0.05) is 42.5 Å². The minimum Gasteiger partial charge on any atom is -0.340 e. The largest absolute Gasteiger partial charge is 0.340 e. The number of carbonyl (C=O) groups is 2. The van der Waals surface area contributed by atoms with Gasteiger partial charge in [0.1, 0.15) is 6.04 Å². The van der Waals surface area contributed by atoms with Crippen molar-refractivity contribution in [2.24, 2.45) is 5.73 Å². The number of nitrogens with one attached hydrogen (secondary N) is 2. The molecular formula is C22H24N4O2S2. The highest BCUT2D eigenvalue weighted by Crippen LogP contribution is 2.24. The highest BCUT2D eigenvalue weighted by Gasteiger charge is 2.22. The number of thioether (sulfide) groups is 1. The summed E-state index contributed by atoms with van der Waals surface area (Å²) in [5, 5.41) is 8.10. The van der Waals surface area contributed by atoms with Gasteiger partial charge in [-0.3, -0.25) is 9.59 Å². The van der Waals surface area contributed by atoms with Gasteiger partial charge in [-0.15, -0.1) is 11.3 Å². The molecule has 1 atom stereocenters. The molecule has 0 spiro atoms. The predicted octanol–water partition coefficient (Wildman–Crippen LogP) is 3.76. The first-order valence-electron chi connectivity index (χ1n) is 9.51. The van der Waals surface area contributed by atoms with Crippen LogP contribution in [-0.4, -0.2) is 34.8 Å². The van der Waals surface area contributed by atoms with E-state index in [1.165, 1.54) is 11.3 Å². The number of anilines is 1. The molecule has 1 unspecified atom stereocenters. The van der Waals surface area contributed by atoms with Gasteiger partial charge < -0.3 is 16.4 Å². The fourth-order valence-electron chi connectivity index (χ4n) is 2.85. The Hall–Kier alpha value is -2.68. The van der Waals surface area contributed by atoms with Gasteiger partial charge in [-0.25, -0.2) is 4.98 Å². The van der Waals surface area contributed by atoms with Gasteiger partial charge in [0.15, 0.2) is 5.13 Å². The smallest absolute Gasteiger partial charge is 0.251 e. The molecule has 0 aliphatic carbocycles. The lowest BCUT2D eigenvalue weighted by atomic mass is 10.1. The minimum absolute atomic E-state index is 0.277. The molecule has 0 aliphatic heterocycles. The van der Waals surface area contributed by atoms with Crippen molar-refractivity contribution in [1.82, 2.24) is 10.3 Å². The summed E-state index contributed by atoms with van der Waals surface area (Å²) >= 11 is 2.98. The minimum atomic E-state index is -0.657. The summed E-state index contributed by atoms with van der Waals surface area (Å²) in [5.74, 6) is 0.172. The van der Waals surface area contributed by atoms with E-state index < -0.39 is 6.04 Å². The Morgan fingerprint density at radius 3 is 2.70 bits per heavy atom. The van der Waals surface area contributed by atoms with Crippen molar-refractivity contribution in [3.05, 3.63) is 71.1 Å². The zero-order chi connectivity index (χ0) is 21.3. The molecule has 0 radical (unpaired) electrons. The third-order valence-electron chi connectivity index (χ3n) is 4.46. The SMILES string of the molecule is CSCCC(NC(=O)c1cccc(CN)c1)C(=O)Nc1nc(-c2ccccc2)cs1. The quantitative estimate of drug-likeness (QED) is 0.471. The maximum absolute atomic E-state index is 12.9. The third-order valence-corrected chi connectivity index (χ3v) is 5.86. The van der Waals surface area contributed by atoms with Crippen molar-refractivity contribution in [2.45, 2.75) is 19.0 Å². The van der Waals surface area contributed by atoms with E-state index in [1.54, 1.807) is 30.0 Å². The van der Waals surface area contributed by atoms with Crippen molar-refractivity contribution in [3.8, 4) is 11.3 Å². The van der Waals surface area contributed by atoms with E-state index in [0.717, 1.165) is 22.6 Å². The van der Waals surface area contributed by atoms with Crippen LogP contribution < -0.4 is 16.4 Å². The topological polar surface area (TPSA) is 97.1 Å². The number of nitrogens with zero attached hydrogens (tertiary/aromatic N) is 1. The van der Waals surface area contributed by atoms with E-state index in [9.17, 15) is 9.59 Å². The second kappa shape index (κ2) is 10.9. The summed E-state index contributed by atoms with van der Waals surface area (Å²) in [7, 11) is 0. The zero-order valence-electron chi connectivity index (χ0n) is 16.6. The Bertz CT molecular complexity index is 992. The van der Waals surface area contributed by atoms with Crippen LogP contribution in [0.5, 0.6) is 0 Å². The molecule has 3 aromatic rings. The lowest BCUT2D eigenvalue weighted by Gasteiger charge is -2.17. The van der Waals surface area contributed by atoms with Gasteiger partial charge >= 0.3 is 0 Å². The summed E-state index contributed by atoms with van der Waals surface area (Å²) in [4.78, 5) is 30.0. The molecule has 1 heterocycles. The number of nitrogens with two attached hydrogens (primary N) is 1. The van der Waals surface area contributed by atoms with Crippen LogP contribution in [0.4, 0.5) is 5.13 Å². The first kappa shape index (κ1) is 22.0. The van der Waals surface area contributed by atoms with Gasteiger partial charge in [-0.2, -0.15) is 11.8 Å². The van der Waals surface area contributed by atoms with Crippen molar-refractivity contribution >= 4 is 40.0 Å². The molecule has 0 saturated heterocycles. The lowest BCUT2D eigenvalue weighted by Crippen LogP contribution is -2.44. The summed E-state index contributed by atoms with van der Waals surface area (Å²) in [6.07, 6.45) is 2.49. The van der Waals surface area contributed by atoms with Crippen LogP contribution >= 0.6 is 23.1 Å². The number of rotatable bonds is 9. The Balaban J connectivity index is 1.69. The first-order chi connectivity index (χ1) is 14.6. The van der Waals surface area contributed by atoms with Gasteiger partial charge in [0.25, 0.3) is 5.91 Å². The fraction of sp³-hybridized carbons (Fsp3) is 0.227. The Labute approximate surface area is 184 Å². The predicted molar refractivity (Wildman–Crippen MR) is 125 cm³/mol. The Morgan fingerprint density at radius 2 is 1.97 bits per heavy atom.